The van der Waals surface area contributed by atoms with Crippen LogP contribution in [-0.2, 0) is 24.3 Å². The van der Waals surface area contributed by atoms with E-state index in [0.717, 1.165) is 54.6 Å². The molecule has 0 saturated carbocycles. The second kappa shape index (κ2) is 12.7. The maximum Gasteiger partial charge on any atom is 0.151 e. The summed E-state index contributed by atoms with van der Waals surface area (Å²) in [6, 6.07) is 17.9. The summed E-state index contributed by atoms with van der Waals surface area (Å²) in [4.78, 5) is 25.3. The summed E-state index contributed by atoms with van der Waals surface area (Å²) < 4.78 is 5.58. The van der Waals surface area contributed by atoms with Gasteiger partial charge in [-0.1, -0.05) is 18.2 Å². The summed E-state index contributed by atoms with van der Waals surface area (Å²) in [5, 5.41) is 3.48. The monoisotopic (exact) mass is 447 g/mol. The number of benzene rings is 1. The van der Waals surface area contributed by atoms with Crippen molar-refractivity contribution in [3.8, 4) is 5.75 Å². The summed E-state index contributed by atoms with van der Waals surface area (Å²) in [5.74, 6) is 0.925. The van der Waals surface area contributed by atoms with Gasteiger partial charge in [0.15, 0.2) is 5.78 Å². The van der Waals surface area contributed by atoms with Crippen LogP contribution in [0.1, 0.15) is 17.0 Å². The number of rotatable bonds is 13. The number of ether oxygens (including phenoxy) is 1. The third kappa shape index (κ3) is 8.29. The number of methoxy groups -OCH3 is 1. The van der Waals surface area contributed by atoms with Crippen molar-refractivity contribution in [3.63, 3.8) is 0 Å². The van der Waals surface area contributed by atoms with Gasteiger partial charge < -0.3 is 15.0 Å². The quantitative estimate of drug-likeness (QED) is 0.431. The number of anilines is 1. The molecule has 1 aromatic carbocycles. The number of hydrogen-bond acceptors (Lipinski definition) is 7. The van der Waals surface area contributed by atoms with Gasteiger partial charge in [0.25, 0.3) is 0 Å². The number of pyridine rings is 2. The molecule has 174 valence electrons. The first-order valence-electron chi connectivity index (χ1n) is 11.1. The number of likely N-dealkylation sites (N-methyl/N-ethyl adjacent to an activating group) is 1. The molecule has 3 rings (SSSR count). The third-order valence-corrected chi connectivity index (χ3v) is 5.13. The zero-order chi connectivity index (χ0) is 23.5. The van der Waals surface area contributed by atoms with Gasteiger partial charge in [-0.2, -0.15) is 0 Å². The van der Waals surface area contributed by atoms with Crippen molar-refractivity contribution in [1.29, 1.82) is 0 Å². The average molecular weight is 448 g/mol. The molecule has 0 atom stereocenters. The lowest BCUT2D eigenvalue weighted by atomic mass is 10.1. The number of carbonyl (C=O) groups excluding carboxylic acids is 1. The Kier molecular flexibility index (Phi) is 9.35. The first kappa shape index (κ1) is 24.4. The molecule has 33 heavy (non-hydrogen) atoms. The van der Waals surface area contributed by atoms with Gasteiger partial charge in [0, 0.05) is 45.0 Å². The predicted octanol–water partition coefficient (Wildman–Crippen LogP) is 3.27. The van der Waals surface area contributed by atoms with E-state index in [0.29, 0.717) is 13.0 Å². The van der Waals surface area contributed by atoms with Crippen LogP contribution in [0.2, 0.25) is 0 Å². The maximum atomic E-state index is 12.1. The van der Waals surface area contributed by atoms with Gasteiger partial charge in [0.1, 0.15) is 5.75 Å². The minimum Gasteiger partial charge on any atom is -0.495 e. The molecule has 1 N–H and O–H groups in total. The fourth-order valence-corrected chi connectivity index (χ4v) is 3.63. The molecule has 0 bridgehead atoms. The number of nitrogens with zero attached hydrogens (tertiary/aromatic N) is 4. The van der Waals surface area contributed by atoms with Gasteiger partial charge in [0.05, 0.1) is 30.7 Å². The molecule has 7 heteroatoms. The van der Waals surface area contributed by atoms with Crippen LogP contribution < -0.4 is 10.1 Å². The van der Waals surface area contributed by atoms with Crippen molar-refractivity contribution in [1.82, 2.24) is 19.8 Å². The van der Waals surface area contributed by atoms with Gasteiger partial charge in [-0.3, -0.25) is 19.7 Å². The molecule has 7 nitrogen and oxygen atoms in total. The largest absolute Gasteiger partial charge is 0.495 e. The van der Waals surface area contributed by atoms with Crippen LogP contribution >= 0.6 is 0 Å². The highest BCUT2D eigenvalue weighted by Gasteiger charge is 2.11. The van der Waals surface area contributed by atoms with Crippen LogP contribution in [0.4, 0.5) is 5.69 Å². The predicted molar refractivity (Wildman–Crippen MR) is 131 cm³/mol. The second-order valence-electron chi connectivity index (χ2n) is 8.27. The molecule has 0 radical (unpaired) electrons. The maximum absolute atomic E-state index is 12.1. The zero-order valence-electron chi connectivity index (χ0n) is 19.7. The van der Waals surface area contributed by atoms with E-state index in [1.807, 2.05) is 86.0 Å². The lowest BCUT2D eigenvalue weighted by molar-refractivity contribution is -0.119. The molecule has 0 unspecified atom stereocenters. The van der Waals surface area contributed by atoms with E-state index >= 15 is 0 Å². The molecule has 0 aliphatic carbocycles. The Morgan fingerprint density at radius 2 is 1.64 bits per heavy atom. The Morgan fingerprint density at radius 3 is 2.18 bits per heavy atom. The van der Waals surface area contributed by atoms with E-state index in [1.165, 1.54) is 0 Å². The molecule has 2 aromatic heterocycles. The van der Waals surface area contributed by atoms with E-state index < -0.39 is 0 Å². The van der Waals surface area contributed by atoms with Crippen LogP contribution in [-0.4, -0.2) is 66.4 Å². The first-order valence-corrected chi connectivity index (χ1v) is 11.1. The summed E-state index contributed by atoms with van der Waals surface area (Å²) in [6.07, 6.45) is 4.04. The third-order valence-electron chi connectivity index (χ3n) is 5.13. The Hall–Kier alpha value is -3.29. The highest BCUT2D eigenvalue weighted by molar-refractivity contribution is 5.83. The van der Waals surface area contributed by atoms with Gasteiger partial charge in [-0.25, -0.2) is 0 Å². The van der Waals surface area contributed by atoms with Crippen molar-refractivity contribution >= 4 is 11.5 Å². The van der Waals surface area contributed by atoms with Gasteiger partial charge in [0.2, 0.25) is 0 Å². The van der Waals surface area contributed by atoms with E-state index in [1.54, 1.807) is 7.11 Å². The zero-order valence-corrected chi connectivity index (χ0v) is 19.7. The summed E-state index contributed by atoms with van der Waals surface area (Å²) in [5.41, 5.74) is 3.92. The average Bonchev–Trinajstić information content (AvgIpc) is 2.80. The lowest BCUT2D eigenvalue weighted by Crippen LogP contribution is -2.29. The number of nitrogens with one attached hydrogen (secondary N) is 1. The smallest absolute Gasteiger partial charge is 0.151 e. The van der Waals surface area contributed by atoms with Crippen molar-refractivity contribution in [2.24, 2.45) is 0 Å². The number of aromatic nitrogens is 2. The van der Waals surface area contributed by atoms with Gasteiger partial charge in [-0.05, 0) is 56.1 Å². The molecule has 0 amide bonds. The highest BCUT2D eigenvalue weighted by Crippen LogP contribution is 2.26. The molecule has 0 saturated heterocycles. The molecule has 0 aliphatic rings. The number of carbonyl (C=O) groups is 1. The van der Waals surface area contributed by atoms with Crippen LogP contribution in [0, 0.1) is 0 Å². The van der Waals surface area contributed by atoms with Gasteiger partial charge >= 0.3 is 0 Å². The molecule has 0 fully saturated rings. The van der Waals surface area contributed by atoms with Crippen LogP contribution in [0.3, 0.4) is 0 Å². The minimum absolute atomic E-state index is 0.183. The molecule has 0 spiro atoms. The molecule has 2 heterocycles. The van der Waals surface area contributed by atoms with E-state index in [4.69, 9.17) is 4.74 Å². The molecule has 0 aliphatic heterocycles. The number of Topliss-reactive ketones (excluding diaryl/α,β-unsaturated/α-hetero) is 1. The Morgan fingerprint density at radius 1 is 0.970 bits per heavy atom. The molecular formula is C26H33N5O2. The standard InChI is InChI=1S/C26H33N5O2/c1-30(2)20-24(32)16-21-10-11-25(26(17-21)33-3)29-14-15-31(18-22-8-4-6-12-27-22)19-23-9-5-7-13-28-23/h4-13,17,29H,14-16,18-20H2,1-3H3. The SMILES string of the molecule is COc1cc(CC(=O)CN(C)C)ccc1NCCN(Cc1ccccn1)Cc1ccccn1. The van der Waals surface area contributed by atoms with E-state index in [2.05, 4.69) is 20.2 Å². The number of ketones is 1. The normalized spacial score (nSPS) is 11.1. The fraction of sp³-hybridized carbons (Fsp3) is 0.346. The Balaban J connectivity index is 1.61. The first-order chi connectivity index (χ1) is 16.0. The molecule has 3 aromatic rings. The van der Waals surface area contributed by atoms with Crippen molar-refractivity contribution < 1.29 is 9.53 Å². The molecular weight excluding hydrogens is 414 g/mol. The summed E-state index contributed by atoms with van der Waals surface area (Å²) in [7, 11) is 5.45. The Bertz CT molecular complexity index is 955. The second-order valence-corrected chi connectivity index (χ2v) is 8.27. The van der Waals surface area contributed by atoms with Crippen LogP contribution in [0.15, 0.2) is 67.0 Å². The summed E-state index contributed by atoms with van der Waals surface area (Å²) >= 11 is 0. The highest BCUT2D eigenvalue weighted by atomic mass is 16.5. The summed E-state index contributed by atoms with van der Waals surface area (Å²) in [6.45, 7) is 3.45. The minimum atomic E-state index is 0.183. The lowest BCUT2D eigenvalue weighted by Gasteiger charge is -2.22. The Labute approximate surface area is 196 Å². The van der Waals surface area contributed by atoms with Crippen LogP contribution in [0.25, 0.3) is 0 Å². The van der Waals surface area contributed by atoms with Crippen molar-refractivity contribution in [2.45, 2.75) is 19.5 Å². The van der Waals surface area contributed by atoms with E-state index in [-0.39, 0.29) is 5.78 Å². The van der Waals surface area contributed by atoms with Crippen molar-refractivity contribution in [3.05, 3.63) is 83.9 Å². The van der Waals surface area contributed by atoms with Gasteiger partial charge in [-0.15, -0.1) is 0 Å². The fourth-order valence-electron chi connectivity index (χ4n) is 3.63. The van der Waals surface area contributed by atoms with E-state index in [9.17, 15) is 4.79 Å². The van der Waals surface area contributed by atoms with Crippen LogP contribution in [0.5, 0.6) is 5.75 Å². The topological polar surface area (TPSA) is 70.6 Å². The van der Waals surface area contributed by atoms with Crippen molar-refractivity contribution in [2.75, 3.05) is 46.2 Å². The number of hydrogen-bond donors (Lipinski definition) is 1.